The topological polar surface area (TPSA) is 85.8 Å². The number of nitrogens with zero attached hydrogens (tertiary/aromatic N) is 6. The van der Waals surface area contributed by atoms with Gasteiger partial charge in [-0.05, 0) is 85.8 Å². The molecule has 1 fully saturated rings. The molecule has 0 aromatic heterocycles. The van der Waals surface area contributed by atoms with E-state index in [0.29, 0.717) is 10.2 Å². The minimum Gasteiger partial charge on any atom is -0.378 e. The molecule has 10 nitrogen and oxygen atoms in total. The van der Waals surface area contributed by atoms with E-state index < -0.39 is 0 Å². The Labute approximate surface area is 262 Å². The van der Waals surface area contributed by atoms with Crippen LogP contribution in [0.1, 0.15) is 24.0 Å². The second-order valence-electron chi connectivity index (χ2n) is 10.6. The molecule has 2 aromatic rings. The predicted octanol–water partition coefficient (Wildman–Crippen LogP) is 2.51. The largest absolute Gasteiger partial charge is 0.378 e. The fourth-order valence-corrected chi connectivity index (χ4v) is 4.68. The maximum atomic E-state index is 5.34. The molecule has 0 saturated carbocycles. The highest BCUT2D eigenvalue weighted by Crippen LogP contribution is 2.11. The fourth-order valence-electron chi connectivity index (χ4n) is 4.37. The van der Waals surface area contributed by atoms with Gasteiger partial charge < -0.3 is 30.2 Å². The summed E-state index contributed by atoms with van der Waals surface area (Å²) in [5.74, 6) is 0. The summed E-state index contributed by atoms with van der Waals surface area (Å²) in [4.78, 5) is 9.18. The van der Waals surface area contributed by atoms with Gasteiger partial charge in [-0.25, -0.2) is 0 Å². The van der Waals surface area contributed by atoms with Gasteiger partial charge in [-0.2, -0.15) is 10.2 Å². The van der Waals surface area contributed by atoms with Gasteiger partial charge >= 0.3 is 0 Å². The molecule has 0 spiro atoms. The summed E-state index contributed by atoms with van der Waals surface area (Å²) in [6.45, 7) is 8.15. The van der Waals surface area contributed by atoms with Crippen molar-refractivity contribution in [2.45, 2.75) is 12.8 Å². The molecular formula is C30H46N10S2. The van der Waals surface area contributed by atoms with E-state index >= 15 is 0 Å². The molecule has 1 aliphatic heterocycles. The van der Waals surface area contributed by atoms with Gasteiger partial charge in [-0.3, -0.25) is 10.9 Å². The van der Waals surface area contributed by atoms with Gasteiger partial charge in [0.2, 0.25) is 0 Å². The van der Waals surface area contributed by atoms with Crippen LogP contribution in [-0.2, 0) is 0 Å². The first-order chi connectivity index (χ1) is 20.3. The lowest BCUT2D eigenvalue weighted by atomic mass is 10.2. The summed E-state index contributed by atoms with van der Waals surface area (Å²) in [5.41, 5.74) is 10.2. The maximum absolute atomic E-state index is 5.34. The first-order valence-corrected chi connectivity index (χ1v) is 15.2. The summed E-state index contributed by atoms with van der Waals surface area (Å²) >= 11 is 10.7. The van der Waals surface area contributed by atoms with Gasteiger partial charge in [0.1, 0.15) is 0 Å². The van der Waals surface area contributed by atoms with Crippen LogP contribution in [0.2, 0.25) is 0 Å². The molecule has 0 aliphatic carbocycles. The molecule has 0 atom stereocenters. The van der Waals surface area contributed by atoms with E-state index in [0.717, 1.165) is 87.7 Å². The predicted molar refractivity (Wildman–Crippen MR) is 186 cm³/mol. The number of nitrogens with one attached hydrogen (secondary N) is 4. The molecule has 0 radical (unpaired) electrons. The number of piperazine rings is 1. The molecule has 1 heterocycles. The van der Waals surface area contributed by atoms with Crippen LogP contribution in [0.15, 0.2) is 58.7 Å². The number of thiocarbonyl (C=S) groups is 2. The van der Waals surface area contributed by atoms with Crippen LogP contribution >= 0.6 is 24.4 Å². The van der Waals surface area contributed by atoms with Gasteiger partial charge in [-0.1, -0.05) is 24.3 Å². The minimum atomic E-state index is 0.547. The van der Waals surface area contributed by atoms with Crippen LogP contribution in [-0.4, -0.2) is 113 Å². The summed E-state index contributed by atoms with van der Waals surface area (Å²) in [7, 11) is 8.10. The zero-order chi connectivity index (χ0) is 30.2. The Morgan fingerprint density at radius 3 is 1.36 bits per heavy atom. The summed E-state index contributed by atoms with van der Waals surface area (Å²) in [5, 5.41) is 16.0. The highest BCUT2D eigenvalue weighted by molar-refractivity contribution is 7.80. The number of hydrazone groups is 2. The first-order valence-electron chi connectivity index (χ1n) is 14.4. The van der Waals surface area contributed by atoms with Crippen molar-refractivity contribution in [3.63, 3.8) is 0 Å². The van der Waals surface area contributed by atoms with Crippen molar-refractivity contribution in [2.24, 2.45) is 10.2 Å². The smallest absolute Gasteiger partial charge is 0.186 e. The van der Waals surface area contributed by atoms with Gasteiger partial charge in [0.25, 0.3) is 0 Å². The van der Waals surface area contributed by atoms with E-state index in [4.69, 9.17) is 24.4 Å². The van der Waals surface area contributed by atoms with Crippen molar-refractivity contribution >= 4 is 58.5 Å². The normalized spacial score (nSPS) is 14.2. The second kappa shape index (κ2) is 18.3. The third-order valence-electron chi connectivity index (χ3n) is 6.92. The second-order valence-corrected chi connectivity index (χ2v) is 11.4. The monoisotopic (exact) mass is 610 g/mol. The van der Waals surface area contributed by atoms with Crippen molar-refractivity contribution < 1.29 is 0 Å². The standard InChI is InChI=1S/C30H46N10S2/c1-37(2)27-11-7-25(8-12-27)23-33-35-29(41)31-15-5-17-39-19-21-40(22-20-39)18-6-16-32-30(42)36-34-24-26-9-13-28(14-10-26)38(3)4/h7-14,23-24H,5-6,15-22H2,1-4H3,(H2,31,35,41)(H2,32,36,42). The molecule has 2 aromatic carbocycles. The molecule has 3 rings (SSSR count). The molecule has 4 N–H and O–H groups in total. The third-order valence-corrected chi connectivity index (χ3v) is 7.39. The average Bonchev–Trinajstić information content (AvgIpc) is 2.99. The van der Waals surface area contributed by atoms with Crippen molar-refractivity contribution in [1.29, 1.82) is 0 Å². The van der Waals surface area contributed by atoms with E-state index in [-0.39, 0.29) is 0 Å². The van der Waals surface area contributed by atoms with Crippen molar-refractivity contribution in [2.75, 3.05) is 90.3 Å². The molecule has 1 saturated heterocycles. The molecule has 0 unspecified atom stereocenters. The SMILES string of the molecule is CN(C)c1ccc(C=NNC(=S)NCCCN2CCN(CCCNC(=S)NN=Cc3ccc(N(C)C)cc3)CC2)cc1. The van der Waals surface area contributed by atoms with Crippen LogP contribution in [0.25, 0.3) is 0 Å². The van der Waals surface area contributed by atoms with Gasteiger partial charge in [0, 0.05) is 78.8 Å². The molecule has 228 valence electrons. The van der Waals surface area contributed by atoms with Gasteiger partial charge in [0.05, 0.1) is 12.4 Å². The summed E-state index contributed by atoms with van der Waals surface area (Å²) < 4.78 is 0. The molecule has 1 aliphatic rings. The fraction of sp³-hybridized carbons (Fsp3) is 0.467. The van der Waals surface area contributed by atoms with E-state index in [9.17, 15) is 0 Å². The zero-order valence-electron chi connectivity index (χ0n) is 25.3. The number of hydrogen-bond acceptors (Lipinski definition) is 8. The Hall–Kier alpha value is -3.32. The molecule has 0 amide bonds. The number of rotatable bonds is 14. The Morgan fingerprint density at radius 2 is 1.02 bits per heavy atom. The highest BCUT2D eigenvalue weighted by Gasteiger charge is 2.15. The van der Waals surface area contributed by atoms with Crippen molar-refractivity contribution in [3.05, 3.63) is 59.7 Å². The molecule has 12 heteroatoms. The van der Waals surface area contributed by atoms with Gasteiger partial charge in [-0.15, -0.1) is 0 Å². The van der Waals surface area contributed by atoms with Crippen LogP contribution in [0.5, 0.6) is 0 Å². The average molecular weight is 611 g/mol. The Kier molecular flexibility index (Phi) is 14.4. The van der Waals surface area contributed by atoms with Gasteiger partial charge in [0.15, 0.2) is 10.2 Å². The highest BCUT2D eigenvalue weighted by atomic mass is 32.1. The molecule has 42 heavy (non-hydrogen) atoms. The zero-order valence-corrected chi connectivity index (χ0v) is 27.0. The third kappa shape index (κ3) is 12.7. The lowest BCUT2D eigenvalue weighted by Crippen LogP contribution is -2.47. The Morgan fingerprint density at radius 1 is 0.667 bits per heavy atom. The van der Waals surface area contributed by atoms with Crippen LogP contribution in [0, 0.1) is 0 Å². The molecule has 0 bridgehead atoms. The van der Waals surface area contributed by atoms with Crippen LogP contribution in [0.3, 0.4) is 0 Å². The maximum Gasteiger partial charge on any atom is 0.186 e. The minimum absolute atomic E-state index is 0.547. The Balaban J connectivity index is 1.17. The quantitative estimate of drug-likeness (QED) is 0.111. The Bertz CT molecular complexity index is 1050. The van der Waals surface area contributed by atoms with Crippen molar-refractivity contribution in [1.82, 2.24) is 31.3 Å². The van der Waals surface area contributed by atoms with Crippen molar-refractivity contribution in [3.8, 4) is 0 Å². The van der Waals surface area contributed by atoms with E-state index in [1.54, 1.807) is 12.4 Å². The van der Waals surface area contributed by atoms with Crippen LogP contribution in [0.4, 0.5) is 11.4 Å². The number of hydrogen-bond donors (Lipinski definition) is 4. The van der Waals surface area contributed by atoms with E-state index in [2.05, 4.69) is 75.6 Å². The first kappa shape index (κ1) is 33.2. The van der Waals surface area contributed by atoms with E-state index in [1.165, 1.54) is 0 Å². The number of benzene rings is 2. The lowest BCUT2D eigenvalue weighted by molar-refractivity contribution is 0.131. The van der Waals surface area contributed by atoms with Crippen LogP contribution < -0.4 is 31.3 Å². The lowest BCUT2D eigenvalue weighted by Gasteiger charge is -2.34. The summed E-state index contributed by atoms with van der Waals surface area (Å²) in [6, 6.07) is 16.4. The number of anilines is 2. The summed E-state index contributed by atoms with van der Waals surface area (Å²) in [6.07, 6.45) is 5.62. The van der Waals surface area contributed by atoms with E-state index in [1.807, 2.05) is 52.5 Å². The molecular weight excluding hydrogens is 565 g/mol.